The fourth-order valence-electron chi connectivity index (χ4n) is 1.51. The van der Waals surface area contributed by atoms with Crippen molar-refractivity contribution in [1.29, 1.82) is 0 Å². The molecule has 0 bridgehead atoms. The van der Waals surface area contributed by atoms with E-state index in [2.05, 4.69) is 10.2 Å². The molecule has 0 amide bonds. The average Bonchev–Trinajstić information content (AvgIpc) is 3.04. The Morgan fingerprint density at radius 1 is 0.769 bits per heavy atom. The second kappa shape index (κ2) is 7.89. The molecule has 0 aliphatic heterocycles. The number of carbonyl (C=O) groups excluding carboxylic acids is 2. The summed E-state index contributed by atoms with van der Waals surface area (Å²) in [4.78, 5) is 43.8. The second-order valence-corrected chi connectivity index (χ2v) is 7.28. The fourth-order valence-corrected chi connectivity index (χ4v) is 1.51. The molecular weight excluding hydrogens is 344 g/mol. The maximum atomic E-state index is 11.2. The number of aromatic amines is 2. The molecule has 2 heterocycles. The lowest BCUT2D eigenvalue weighted by molar-refractivity contribution is 0.0503. The third-order valence-electron chi connectivity index (χ3n) is 2.39. The van der Waals surface area contributed by atoms with Gasteiger partial charge in [-0.05, 0) is 41.5 Å². The van der Waals surface area contributed by atoms with Crippen molar-refractivity contribution in [3.63, 3.8) is 0 Å². The molecule has 0 aliphatic carbocycles. The van der Waals surface area contributed by atoms with Gasteiger partial charge in [-0.1, -0.05) is 0 Å². The molecule has 0 radical (unpaired) electrons. The molecule has 2 aromatic rings. The molecule has 2 N–H and O–H groups in total. The second-order valence-electron chi connectivity index (χ2n) is 7.28. The largest absolute Gasteiger partial charge is 0.442 e. The lowest BCUT2D eigenvalue weighted by Gasteiger charge is -2.18. The number of nitrogens with one attached hydrogen (secondary N) is 2. The zero-order chi connectivity index (χ0) is 20.1. The van der Waals surface area contributed by atoms with Crippen LogP contribution in [0.1, 0.15) is 41.5 Å². The lowest BCUT2D eigenvalue weighted by Crippen LogP contribution is -2.28. The van der Waals surface area contributed by atoms with Gasteiger partial charge >= 0.3 is 12.2 Å². The van der Waals surface area contributed by atoms with Crippen LogP contribution in [0.25, 0.3) is 0 Å². The normalized spacial score (nSPS) is 11.3. The van der Waals surface area contributed by atoms with Crippen LogP contribution in [0.4, 0.5) is 9.59 Å². The number of rotatable bonds is 0. The van der Waals surface area contributed by atoms with E-state index in [4.69, 9.17) is 9.47 Å². The highest BCUT2D eigenvalue weighted by atomic mass is 16.6. The zero-order valence-electron chi connectivity index (χ0n) is 15.7. The van der Waals surface area contributed by atoms with Crippen molar-refractivity contribution in [3.8, 4) is 0 Å². The van der Waals surface area contributed by atoms with Gasteiger partial charge in [-0.3, -0.25) is 19.8 Å². The minimum Gasteiger partial charge on any atom is -0.442 e. The van der Waals surface area contributed by atoms with Crippen LogP contribution in [0, 0.1) is 0 Å². The predicted octanol–water partition coefficient (Wildman–Crippen LogP) is 1.92. The summed E-state index contributed by atoms with van der Waals surface area (Å²) in [7, 11) is 0. The number of ether oxygens (including phenoxy) is 2. The van der Waals surface area contributed by atoms with Crippen molar-refractivity contribution in [2.75, 3.05) is 0 Å². The first-order valence-electron chi connectivity index (χ1n) is 7.79. The minimum absolute atomic E-state index is 0.328. The van der Waals surface area contributed by atoms with E-state index in [9.17, 15) is 19.2 Å². The highest BCUT2D eigenvalue weighted by Gasteiger charge is 2.18. The van der Waals surface area contributed by atoms with Crippen LogP contribution in [-0.2, 0) is 9.47 Å². The van der Waals surface area contributed by atoms with Gasteiger partial charge in [-0.15, -0.1) is 0 Å². The van der Waals surface area contributed by atoms with Crippen molar-refractivity contribution in [3.05, 3.63) is 45.2 Å². The smallest absolute Gasteiger partial charge is 0.433 e. The molecule has 0 aliphatic rings. The molecule has 2 aromatic heterocycles. The standard InChI is InChI=1S/2C8H12N2O3/c2*1-8(2,3)13-7(12)10-5-4-6(11)9-10/h2*4-5H,1-3H3,(H,9,11). The van der Waals surface area contributed by atoms with Gasteiger partial charge in [0, 0.05) is 24.5 Å². The number of aromatic nitrogens is 4. The van der Waals surface area contributed by atoms with Crippen LogP contribution in [0.3, 0.4) is 0 Å². The predicted molar refractivity (Wildman–Crippen MR) is 93.4 cm³/mol. The maximum Gasteiger partial charge on any atom is 0.433 e. The van der Waals surface area contributed by atoms with Crippen LogP contribution in [-0.4, -0.2) is 42.9 Å². The average molecular weight is 368 g/mol. The Labute approximate surface area is 149 Å². The summed E-state index contributed by atoms with van der Waals surface area (Å²) in [6.07, 6.45) is 1.48. The van der Waals surface area contributed by atoms with Gasteiger partial charge in [-0.25, -0.2) is 9.59 Å². The Hall–Kier alpha value is -3.04. The monoisotopic (exact) mass is 368 g/mol. The van der Waals surface area contributed by atoms with Crippen LogP contribution in [0.15, 0.2) is 34.1 Å². The number of nitrogens with zero attached hydrogens (tertiary/aromatic N) is 2. The quantitative estimate of drug-likeness (QED) is 0.731. The zero-order valence-corrected chi connectivity index (χ0v) is 15.7. The van der Waals surface area contributed by atoms with Crippen LogP contribution in [0.2, 0.25) is 0 Å². The van der Waals surface area contributed by atoms with Crippen LogP contribution < -0.4 is 11.1 Å². The Morgan fingerprint density at radius 2 is 1.08 bits per heavy atom. The first-order valence-corrected chi connectivity index (χ1v) is 7.79. The van der Waals surface area contributed by atoms with Gasteiger partial charge in [0.05, 0.1) is 0 Å². The summed E-state index contributed by atoms with van der Waals surface area (Å²) < 4.78 is 12.0. The fraction of sp³-hybridized carbons (Fsp3) is 0.500. The summed E-state index contributed by atoms with van der Waals surface area (Å²) in [6.45, 7) is 10.5. The first kappa shape index (κ1) is 21.0. The highest BCUT2D eigenvalue weighted by molar-refractivity contribution is 5.69. The van der Waals surface area contributed by atoms with Crippen molar-refractivity contribution in [2.24, 2.45) is 0 Å². The molecule has 0 aromatic carbocycles. The van der Waals surface area contributed by atoms with Crippen molar-refractivity contribution in [1.82, 2.24) is 19.6 Å². The summed E-state index contributed by atoms with van der Waals surface area (Å²) in [6, 6.07) is 2.51. The SMILES string of the molecule is CC(C)(C)OC(=O)n1ccc(=O)[nH]1.CC(C)(C)OC(=O)n1ccc(=O)[nH]1. The molecule has 144 valence electrons. The Kier molecular flexibility index (Phi) is 6.38. The van der Waals surface area contributed by atoms with Crippen LogP contribution in [0.5, 0.6) is 0 Å². The molecule has 0 fully saturated rings. The van der Waals surface area contributed by atoms with Gasteiger partial charge in [0.1, 0.15) is 11.2 Å². The van der Waals surface area contributed by atoms with Gasteiger partial charge in [-0.2, -0.15) is 9.36 Å². The number of hydrogen-bond acceptors (Lipinski definition) is 6. The first-order chi connectivity index (χ1) is 11.8. The molecule has 10 nitrogen and oxygen atoms in total. The van der Waals surface area contributed by atoms with E-state index < -0.39 is 23.4 Å². The minimum atomic E-state index is -0.588. The Balaban J connectivity index is 0.000000260. The van der Waals surface area contributed by atoms with Gasteiger partial charge < -0.3 is 9.47 Å². The van der Waals surface area contributed by atoms with Crippen molar-refractivity contribution >= 4 is 12.2 Å². The van der Waals surface area contributed by atoms with Gasteiger partial charge in [0.15, 0.2) is 0 Å². The van der Waals surface area contributed by atoms with Crippen LogP contribution >= 0.6 is 0 Å². The molecule has 0 saturated carbocycles. The van der Waals surface area contributed by atoms with E-state index in [1.807, 2.05) is 0 Å². The topological polar surface area (TPSA) is 128 Å². The van der Waals surface area contributed by atoms with Gasteiger partial charge in [0.25, 0.3) is 11.1 Å². The summed E-state index contributed by atoms with van der Waals surface area (Å²) >= 11 is 0. The van der Waals surface area contributed by atoms with E-state index in [1.54, 1.807) is 41.5 Å². The molecule has 2 rings (SSSR count). The molecule has 26 heavy (non-hydrogen) atoms. The summed E-state index contributed by atoms with van der Waals surface area (Å²) in [5.41, 5.74) is -1.77. The number of carbonyl (C=O) groups is 2. The molecule has 0 atom stereocenters. The van der Waals surface area contributed by atoms with Crippen molar-refractivity contribution < 1.29 is 19.1 Å². The van der Waals surface area contributed by atoms with E-state index in [1.165, 1.54) is 24.5 Å². The Bertz CT molecular complexity index is 784. The number of hydrogen-bond donors (Lipinski definition) is 2. The molecule has 0 saturated heterocycles. The maximum absolute atomic E-state index is 11.2. The molecular formula is C16H24N4O6. The van der Waals surface area contributed by atoms with E-state index in [0.717, 1.165) is 9.36 Å². The molecule has 10 heteroatoms. The molecule has 0 unspecified atom stereocenters. The van der Waals surface area contributed by atoms with E-state index in [0.29, 0.717) is 0 Å². The third-order valence-corrected chi connectivity index (χ3v) is 2.39. The van der Waals surface area contributed by atoms with E-state index in [-0.39, 0.29) is 11.1 Å². The summed E-state index contributed by atoms with van der Waals surface area (Å²) in [5.74, 6) is 0. The number of H-pyrrole nitrogens is 2. The lowest BCUT2D eigenvalue weighted by atomic mass is 10.2. The van der Waals surface area contributed by atoms with Gasteiger partial charge in [0.2, 0.25) is 0 Å². The third kappa shape index (κ3) is 7.69. The summed E-state index contributed by atoms with van der Waals surface area (Å²) in [5, 5.41) is 4.57. The highest BCUT2D eigenvalue weighted by Crippen LogP contribution is 2.08. The van der Waals surface area contributed by atoms with Crippen molar-refractivity contribution in [2.45, 2.75) is 52.7 Å². The molecule has 0 spiro atoms. The van der Waals surface area contributed by atoms with E-state index >= 15 is 0 Å². The Morgan fingerprint density at radius 3 is 1.27 bits per heavy atom.